The van der Waals surface area contributed by atoms with Crippen LogP contribution in [0.25, 0.3) is 0 Å². The highest BCUT2D eigenvalue weighted by atomic mass is 16.4. The first-order valence-corrected chi connectivity index (χ1v) is 7.27. The van der Waals surface area contributed by atoms with E-state index in [4.69, 9.17) is 16.0 Å². The molecule has 0 heterocycles. The summed E-state index contributed by atoms with van der Waals surface area (Å²) in [5.74, 6) is 0.851. The van der Waals surface area contributed by atoms with Crippen molar-refractivity contribution in [1.29, 1.82) is 0 Å². The molecular formula is C14H31N3O2. The van der Waals surface area contributed by atoms with E-state index in [2.05, 4.69) is 17.4 Å². The highest BCUT2D eigenvalue weighted by Gasteiger charge is 2.22. The van der Waals surface area contributed by atoms with Gasteiger partial charge >= 0.3 is 0 Å². The van der Waals surface area contributed by atoms with Crippen LogP contribution in [0.15, 0.2) is 5.16 Å². The van der Waals surface area contributed by atoms with E-state index in [1.54, 1.807) is 0 Å². The zero-order chi connectivity index (χ0) is 14.7. The Balaban J connectivity index is 3.79. The van der Waals surface area contributed by atoms with Gasteiger partial charge in [0.1, 0.15) is 5.84 Å². The van der Waals surface area contributed by atoms with Crippen molar-refractivity contribution in [3.05, 3.63) is 0 Å². The van der Waals surface area contributed by atoms with Crippen LogP contribution in [0.4, 0.5) is 0 Å². The first-order valence-electron chi connectivity index (χ1n) is 7.27. The Hall–Kier alpha value is -0.810. The summed E-state index contributed by atoms with van der Waals surface area (Å²) in [6, 6.07) is 0. The van der Waals surface area contributed by atoms with Crippen LogP contribution >= 0.6 is 0 Å². The minimum Gasteiger partial charge on any atom is -0.409 e. The second-order valence-electron chi connectivity index (χ2n) is 5.84. The Morgan fingerprint density at radius 1 is 1.37 bits per heavy atom. The summed E-state index contributed by atoms with van der Waals surface area (Å²) in [6.07, 6.45) is 5.05. The lowest BCUT2D eigenvalue weighted by Crippen LogP contribution is -2.33. The van der Waals surface area contributed by atoms with E-state index in [1.807, 2.05) is 13.8 Å². The van der Waals surface area contributed by atoms with E-state index in [-0.39, 0.29) is 17.9 Å². The first kappa shape index (κ1) is 18.2. The van der Waals surface area contributed by atoms with Crippen LogP contribution < -0.4 is 11.1 Å². The maximum absolute atomic E-state index is 8.98. The van der Waals surface area contributed by atoms with Gasteiger partial charge in [-0.25, -0.2) is 0 Å². The molecule has 0 aromatic heterocycles. The van der Waals surface area contributed by atoms with Crippen LogP contribution in [0.3, 0.4) is 0 Å². The zero-order valence-corrected chi connectivity index (χ0v) is 12.7. The number of hydrogen-bond donors (Lipinski definition) is 4. The van der Waals surface area contributed by atoms with Crippen molar-refractivity contribution < 1.29 is 10.3 Å². The van der Waals surface area contributed by atoms with Crippen LogP contribution in [-0.4, -0.2) is 35.8 Å². The SMILES string of the molecule is CCCC(CCO)CNCCCC(C)(C)C(N)=NO. The summed E-state index contributed by atoms with van der Waals surface area (Å²) in [5, 5.41) is 24.2. The lowest BCUT2D eigenvalue weighted by molar-refractivity contribution is 0.247. The van der Waals surface area contributed by atoms with Crippen LogP contribution in [0, 0.1) is 11.3 Å². The maximum atomic E-state index is 8.98. The average molecular weight is 273 g/mol. The van der Waals surface area contributed by atoms with Gasteiger partial charge in [0.25, 0.3) is 0 Å². The summed E-state index contributed by atoms with van der Waals surface area (Å²) < 4.78 is 0. The van der Waals surface area contributed by atoms with Crippen molar-refractivity contribution in [2.45, 2.75) is 52.9 Å². The Kier molecular flexibility index (Phi) is 9.61. The van der Waals surface area contributed by atoms with Crippen molar-refractivity contribution in [3.8, 4) is 0 Å². The molecule has 0 aromatic carbocycles. The predicted molar refractivity (Wildman–Crippen MR) is 79.4 cm³/mol. The molecule has 5 N–H and O–H groups in total. The lowest BCUT2D eigenvalue weighted by Gasteiger charge is -2.23. The quantitative estimate of drug-likeness (QED) is 0.152. The number of oxime groups is 1. The van der Waals surface area contributed by atoms with Gasteiger partial charge < -0.3 is 21.4 Å². The standard InChI is InChI=1S/C14H31N3O2/c1-4-6-12(7-10-18)11-16-9-5-8-14(2,3)13(15)17-19/h12,16,18-19H,4-11H2,1-3H3,(H2,15,17). The second-order valence-corrected chi connectivity index (χ2v) is 5.84. The normalized spacial score (nSPS) is 14.6. The molecule has 5 heteroatoms. The van der Waals surface area contributed by atoms with Gasteiger partial charge in [-0.05, 0) is 44.7 Å². The molecule has 0 aromatic rings. The number of aliphatic hydroxyl groups is 1. The molecule has 0 fully saturated rings. The monoisotopic (exact) mass is 273 g/mol. The van der Waals surface area contributed by atoms with E-state index in [0.29, 0.717) is 5.92 Å². The van der Waals surface area contributed by atoms with E-state index < -0.39 is 0 Å². The number of rotatable bonds is 11. The summed E-state index contributed by atoms with van der Waals surface area (Å²) in [6.45, 7) is 8.28. The molecule has 0 saturated heterocycles. The molecule has 1 atom stereocenters. The molecule has 0 aliphatic rings. The molecule has 0 spiro atoms. The van der Waals surface area contributed by atoms with Crippen molar-refractivity contribution in [2.24, 2.45) is 22.2 Å². The first-order chi connectivity index (χ1) is 8.97. The second kappa shape index (κ2) is 10.0. The number of nitrogens with two attached hydrogens (primary N) is 1. The number of nitrogens with zero attached hydrogens (tertiary/aromatic N) is 1. The fraction of sp³-hybridized carbons (Fsp3) is 0.929. The van der Waals surface area contributed by atoms with Crippen molar-refractivity contribution >= 4 is 5.84 Å². The van der Waals surface area contributed by atoms with Crippen LogP contribution in [0.2, 0.25) is 0 Å². The molecule has 5 nitrogen and oxygen atoms in total. The van der Waals surface area contributed by atoms with Gasteiger partial charge in [-0.2, -0.15) is 0 Å². The summed E-state index contributed by atoms with van der Waals surface area (Å²) >= 11 is 0. The lowest BCUT2D eigenvalue weighted by atomic mass is 9.86. The Bertz CT molecular complexity index is 249. The van der Waals surface area contributed by atoms with Crippen LogP contribution in [0.1, 0.15) is 52.9 Å². The van der Waals surface area contributed by atoms with Crippen LogP contribution in [0.5, 0.6) is 0 Å². The Morgan fingerprint density at radius 3 is 2.58 bits per heavy atom. The molecular weight excluding hydrogens is 242 g/mol. The topological polar surface area (TPSA) is 90.9 Å². The van der Waals surface area contributed by atoms with E-state index in [9.17, 15) is 0 Å². The molecule has 0 aliphatic carbocycles. The molecule has 0 saturated carbocycles. The Labute approximate surface area is 117 Å². The van der Waals surface area contributed by atoms with E-state index >= 15 is 0 Å². The smallest absolute Gasteiger partial charge is 0.144 e. The number of hydrogen-bond acceptors (Lipinski definition) is 4. The predicted octanol–water partition coefficient (Wildman–Crippen LogP) is 1.93. The third-order valence-corrected chi connectivity index (χ3v) is 3.62. The van der Waals surface area contributed by atoms with E-state index in [0.717, 1.165) is 45.2 Å². The summed E-state index contributed by atoms with van der Waals surface area (Å²) in [7, 11) is 0. The molecule has 1 unspecified atom stereocenters. The highest BCUT2D eigenvalue weighted by Crippen LogP contribution is 2.21. The van der Waals surface area contributed by atoms with Crippen molar-refractivity contribution in [2.75, 3.05) is 19.7 Å². The fourth-order valence-electron chi connectivity index (χ4n) is 2.16. The van der Waals surface area contributed by atoms with E-state index in [1.165, 1.54) is 0 Å². The molecule has 0 bridgehead atoms. The van der Waals surface area contributed by atoms with Gasteiger partial charge in [-0.15, -0.1) is 0 Å². The van der Waals surface area contributed by atoms with Gasteiger partial charge in [0, 0.05) is 12.0 Å². The highest BCUT2D eigenvalue weighted by molar-refractivity contribution is 5.85. The van der Waals surface area contributed by atoms with Gasteiger partial charge in [-0.3, -0.25) is 0 Å². The third-order valence-electron chi connectivity index (χ3n) is 3.62. The molecule has 0 aliphatic heterocycles. The minimum absolute atomic E-state index is 0.260. The third kappa shape index (κ3) is 8.06. The average Bonchev–Trinajstić information content (AvgIpc) is 2.37. The number of amidine groups is 1. The molecule has 19 heavy (non-hydrogen) atoms. The maximum Gasteiger partial charge on any atom is 0.144 e. The fourth-order valence-corrected chi connectivity index (χ4v) is 2.16. The van der Waals surface area contributed by atoms with Gasteiger partial charge in [-0.1, -0.05) is 32.3 Å². The zero-order valence-electron chi connectivity index (χ0n) is 12.7. The molecule has 0 radical (unpaired) electrons. The summed E-state index contributed by atoms with van der Waals surface area (Å²) in [4.78, 5) is 0. The number of nitrogens with one attached hydrogen (secondary N) is 1. The van der Waals surface area contributed by atoms with Gasteiger partial charge in [0.15, 0.2) is 0 Å². The Morgan fingerprint density at radius 2 is 2.05 bits per heavy atom. The number of aliphatic hydroxyl groups excluding tert-OH is 1. The summed E-state index contributed by atoms with van der Waals surface area (Å²) in [5.41, 5.74) is 5.39. The van der Waals surface area contributed by atoms with Gasteiger partial charge in [0.2, 0.25) is 0 Å². The van der Waals surface area contributed by atoms with Gasteiger partial charge in [0.05, 0.1) is 0 Å². The van der Waals surface area contributed by atoms with Crippen LogP contribution in [-0.2, 0) is 0 Å². The molecule has 0 amide bonds. The molecule has 0 rings (SSSR count). The molecule has 114 valence electrons. The van der Waals surface area contributed by atoms with Crippen molar-refractivity contribution in [1.82, 2.24) is 5.32 Å². The van der Waals surface area contributed by atoms with Crippen molar-refractivity contribution in [3.63, 3.8) is 0 Å². The largest absolute Gasteiger partial charge is 0.409 e. The minimum atomic E-state index is -0.260.